The number of nitrogens with zero attached hydrogens (tertiary/aromatic N) is 1. The molecule has 160 valence electrons. The monoisotopic (exact) mass is 439 g/mol. The van der Waals surface area contributed by atoms with Crippen LogP contribution in [0.25, 0.3) is 11.8 Å². The van der Waals surface area contributed by atoms with Crippen molar-refractivity contribution < 1.29 is 17.9 Å². The van der Waals surface area contributed by atoms with Gasteiger partial charge in [-0.3, -0.25) is 14.3 Å². The zero-order valence-corrected chi connectivity index (χ0v) is 16.9. The maximum Gasteiger partial charge on any atom is 0.329 e. The number of ether oxygens (including phenoxy) is 1. The summed E-state index contributed by atoms with van der Waals surface area (Å²) in [6.45, 7) is 0. The van der Waals surface area contributed by atoms with Gasteiger partial charge in [-0.2, -0.15) is 0 Å². The van der Waals surface area contributed by atoms with Crippen LogP contribution in [0.4, 0.5) is 13.2 Å². The molecule has 30 heavy (non-hydrogen) atoms. The molecule has 0 saturated heterocycles. The molecule has 2 aromatic heterocycles. The molecule has 3 aliphatic rings. The van der Waals surface area contributed by atoms with Crippen molar-refractivity contribution in [3.63, 3.8) is 0 Å². The van der Waals surface area contributed by atoms with Crippen molar-refractivity contribution in [3.8, 4) is 0 Å². The van der Waals surface area contributed by atoms with E-state index >= 15 is 4.39 Å². The van der Waals surface area contributed by atoms with E-state index in [0.717, 1.165) is 12.8 Å². The summed E-state index contributed by atoms with van der Waals surface area (Å²) < 4.78 is 50.5. The predicted molar refractivity (Wildman–Crippen MR) is 106 cm³/mol. The third-order valence-electron chi connectivity index (χ3n) is 6.11. The van der Waals surface area contributed by atoms with Crippen molar-refractivity contribution in [3.05, 3.63) is 52.8 Å². The molecule has 1 saturated carbocycles. The molecule has 1 fully saturated rings. The maximum atomic E-state index is 15.3. The van der Waals surface area contributed by atoms with Crippen molar-refractivity contribution in [1.29, 1.82) is 0 Å². The number of alkyl halides is 3. The standard InChI is InChI=1S/C20H20F3N3O3S/c1-29-16-14(13-7-9-12(30-13)4-5-20(22,23)17(9)24)11(21)6-10-15(16)26(8-2-3-8)19(28)25-18(10)27/h6-8,11,14,17H,2-5,24H2,1H3,(H,25,27,28). The lowest BCUT2D eigenvalue weighted by Crippen LogP contribution is -2.57. The maximum absolute atomic E-state index is 15.3. The quantitative estimate of drug-likeness (QED) is 0.752. The Morgan fingerprint density at radius 2 is 2.07 bits per heavy atom. The van der Waals surface area contributed by atoms with E-state index in [1.807, 2.05) is 0 Å². The summed E-state index contributed by atoms with van der Waals surface area (Å²) in [6, 6.07) is 0.00400. The van der Waals surface area contributed by atoms with Crippen LogP contribution in [0.15, 0.2) is 15.7 Å². The lowest BCUT2D eigenvalue weighted by atomic mass is 9.88. The van der Waals surface area contributed by atoms with Gasteiger partial charge in [0.1, 0.15) is 11.9 Å². The van der Waals surface area contributed by atoms with Crippen LogP contribution < -0.4 is 27.6 Å². The van der Waals surface area contributed by atoms with Gasteiger partial charge >= 0.3 is 5.69 Å². The minimum atomic E-state index is -3.01. The number of aromatic amines is 1. The molecule has 10 heteroatoms. The zero-order chi connectivity index (χ0) is 21.4. The Bertz CT molecular complexity index is 1270. The number of rotatable bonds is 3. The fourth-order valence-corrected chi connectivity index (χ4v) is 5.79. The average Bonchev–Trinajstić information content (AvgIpc) is 3.43. The molecular formula is C20H20F3N3O3S. The van der Waals surface area contributed by atoms with Crippen molar-refractivity contribution in [2.45, 2.75) is 55.8 Å². The highest BCUT2D eigenvalue weighted by atomic mass is 32.1. The van der Waals surface area contributed by atoms with Gasteiger partial charge in [-0.25, -0.2) is 18.0 Å². The molecule has 6 nitrogen and oxygen atoms in total. The van der Waals surface area contributed by atoms with Gasteiger partial charge in [0, 0.05) is 22.2 Å². The smallest absolute Gasteiger partial charge is 0.329 e. The Morgan fingerprint density at radius 1 is 1.33 bits per heavy atom. The van der Waals surface area contributed by atoms with Crippen LogP contribution in [-0.4, -0.2) is 28.8 Å². The number of methoxy groups -OCH3 is 1. The van der Waals surface area contributed by atoms with E-state index in [1.54, 1.807) is 0 Å². The number of halogens is 3. The van der Waals surface area contributed by atoms with Gasteiger partial charge in [0.25, 0.3) is 11.5 Å². The summed E-state index contributed by atoms with van der Waals surface area (Å²) in [5.41, 5.74) is 4.87. The molecular weight excluding hydrogens is 419 g/mol. The number of aryl methyl sites for hydroxylation is 1. The van der Waals surface area contributed by atoms with E-state index in [9.17, 15) is 18.4 Å². The van der Waals surface area contributed by atoms with Crippen molar-refractivity contribution in [1.82, 2.24) is 9.55 Å². The van der Waals surface area contributed by atoms with Crippen molar-refractivity contribution >= 4 is 23.2 Å². The van der Waals surface area contributed by atoms with Crippen LogP contribution >= 0.6 is 11.3 Å². The first-order valence-electron chi connectivity index (χ1n) is 9.77. The normalized spacial score (nSPS) is 27.2. The molecule has 2 heterocycles. The second-order valence-electron chi connectivity index (χ2n) is 8.05. The number of H-pyrrole nitrogens is 1. The summed E-state index contributed by atoms with van der Waals surface area (Å²) in [7, 11) is 1.36. The minimum Gasteiger partial charge on any atom is -0.498 e. The molecule has 0 aliphatic heterocycles. The van der Waals surface area contributed by atoms with E-state index in [1.165, 1.54) is 35.2 Å². The molecule has 3 aliphatic carbocycles. The third kappa shape index (κ3) is 2.80. The fraction of sp³-hybridized carbons (Fsp3) is 0.500. The predicted octanol–water partition coefficient (Wildman–Crippen LogP) is 1.18. The number of nitrogens with two attached hydrogens (primary N) is 1. The van der Waals surface area contributed by atoms with Gasteiger partial charge in [-0.05, 0) is 37.0 Å². The summed E-state index contributed by atoms with van der Waals surface area (Å²) >= 11 is 1.23. The van der Waals surface area contributed by atoms with Gasteiger partial charge in [-0.1, -0.05) is 0 Å². The first kappa shape index (κ1) is 19.6. The first-order valence-corrected chi connectivity index (χ1v) is 10.6. The third-order valence-corrected chi connectivity index (χ3v) is 7.41. The van der Waals surface area contributed by atoms with Gasteiger partial charge < -0.3 is 10.5 Å². The molecule has 5 rings (SSSR count). The molecule has 3 N–H and O–H groups in total. The van der Waals surface area contributed by atoms with Gasteiger partial charge in [0.05, 0.1) is 29.6 Å². The summed E-state index contributed by atoms with van der Waals surface area (Å²) in [4.78, 5) is 28.3. The van der Waals surface area contributed by atoms with Crippen LogP contribution in [0.5, 0.6) is 0 Å². The highest BCUT2D eigenvalue weighted by Crippen LogP contribution is 2.46. The van der Waals surface area contributed by atoms with Crippen LogP contribution in [0.2, 0.25) is 0 Å². The van der Waals surface area contributed by atoms with Crippen LogP contribution in [0.1, 0.15) is 52.6 Å². The number of thiophene rings is 1. The number of hydrogen-bond acceptors (Lipinski definition) is 5. The molecule has 0 bridgehead atoms. The topological polar surface area (TPSA) is 90.1 Å². The number of hydrogen-bond donors (Lipinski definition) is 2. The van der Waals surface area contributed by atoms with E-state index < -0.39 is 35.3 Å². The van der Waals surface area contributed by atoms with Crippen LogP contribution in [-0.2, 0) is 11.2 Å². The molecule has 0 aromatic carbocycles. The van der Waals surface area contributed by atoms with Crippen LogP contribution in [0.3, 0.4) is 0 Å². The molecule has 3 unspecified atom stereocenters. The molecule has 0 amide bonds. The van der Waals surface area contributed by atoms with Gasteiger partial charge in [0.2, 0.25) is 0 Å². The van der Waals surface area contributed by atoms with E-state index in [0.29, 0.717) is 15.3 Å². The van der Waals surface area contributed by atoms with Gasteiger partial charge in [-0.15, -0.1) is 11.3 Å². The SMILES string of the molecule is COC1=c2c(c(=O)[nH]c(=O)n2C2CC2)=CC(F)C1c1cc2c(s1)CCC(F)(F)C2N. The number of nitrogens with one attached hydrogen (secondary N) is 1. The van der Waals surface area contributed by atoms with E-state index in [2.05, 4.69) is 4.98 Å². The Labute approximate surface area is 172 Å². The Kier molecular flexibility index (Phi) is 4.31. The number of fused-ring (bicyclic) bond motifs is 2. The van der Waals surface area contributed by atoms with Crippen molar-refractivity contribution in [2.75, 3.05) is 7.11 Å². The van der Waals surface area contributed by atoms with Gasteiger partial charge in [0.15, 0.2) is 0 Å². The van der Waals surface area contributed by atoms with Crippen molar-refractivity contribution in [2.24, 2.45) is 5.73 Å². The Hall–Kier alpha value is -2.33. The van der Waals surface area contributed by atoms with Crippen LogP contribution in [0, 0.1) is 0 Å². The lowest BCUT2D eigenvalue weighted by molar-refractivity contribution is -0.0392. The molecule has 0 spiro atoms. The fourth-order valence-electron chi connectivity index (χ4n) is 4.45. The molecule has 0 radical (unpaired) electrons. The molecule has 3 atom stereocenters. The second-order valence-corrected chi connectivity index (χ2v) is 9.21. The summed E-state index contributed by atoms with van der Waals surface area (Å²) in [5, 5.41) is 0.334. The Balaban J connectivity index is 1.75. The zero-order valence-electron chi connectivity index (χ0n) is 16.1. The first-order chi connectivity index (χ1) is 14.2. The molecule has 2 aromatic rings. The largest absolute Gasteiger partial charge is 0.498 e. The average molecular weight is 439 g/mol. The highest BCUT2D eigenvalue weighted by Gasteiger charge is 2.44. The Morgan fingerprint density at radius 3 is 2.73 bits per heavy atom. The lowest BCUT2D eigenvalue weighted by Gasteiger charge is -2.28. The number of aromatic nitrogens is 2. The van der Waals surface area contributed by atoms with E-state index in [4.69, 9.17) is 10.5 Å². The van der Waals surface area contributed by atoms with E-state index in [-0.39, 0.29) is 35.2 Å². The summed E-state index contributed by atoms with van der Waals surface area (Å²) in [6.07, 6.45) is 0.937. The minimum absolute atomic E-state index is 0.0617. The second kappa shape index (κ2) is 6.58. The highest BCUT2D eigenvalue weighted by molar-refractivity contribution is 7.12. The summed E-state index contributed by atoms with van der Waals surface area (Å²) in [5.74, 6) is -3.79.